The summed E-state index contributed by atoms with van der Waals surface area (Å²) >= 11 is 0. The van der Waals surface area contributed by atoms with Gasteiger partial charge in [-0.05, 0) is 12.8 Å². The Balaban J connectivity index is 2.32. The van der Waals surface area contributed by atoms with Gasteiger partial charge in [-0.25, -0.2) is 0 Å². The SMILES string of the molecule is CN(C(=O)C(=O)NCCN)C1CC1. The first kappa shape index (κ1) is 9.98. The third kappa shape index (κ3) is 2.69. The largest absolute Gasteiger partial charge is 0.347 e. The van der Waals surface area contributed by atoms with E-state index in [9.17, 15) is 9.59 Å². The molecule has 0 bridgehead atoms. The summed E-state index contributed by atoms with van der Waals surface area (Å²) in [6, 6.07) is 0.274. The Bertz CT molecular complexity index is 213. The molecular weight excluding hydrogens is 170 g/mol. The van der Waals surface area contributed by atoms with Gasteiger partial charge in [0.15, 0.2) is 0 Å². The number of nitrogens with one attached hydrogen (secondary N) is 1. The molecule has 0 spiro atoms. The lowest BCUT2D eigenvalue weighted by atomic mass is 10.4. The Labute approximate surface area is 77.3 Å². The van der Waals surface area contributed by atoms with Crippen LogP contribution in [0, 0.1) is 0 Å². The first-order chi connectivity index (χ1) is 6.16. The number of likely N-dealkylation sites (N-methyl/N-ethyl adjacent to an activating group) is 1. The Kier molecular flexibility index (Phi) is 3.25. The highest BCUT2D eigenvalue weighted by atomic mass is 16.2. The number of nitrogens with zero attached hydrogens (tertiary/aromatic N) is 1. The fraction of sp³-hybridized carbons (Fsp3) is 0.750. The summed E-state index contributed by atoms with van der Waals surface area (Å²) < 4.78 is 0. The molecule has 1 fully saturated rings. The molecule has 0 aliphatic heterocycles. The Morgan fingerprint density at radius 2 is 2.15 bits per heavy atom. The van der Waals surface area contributed by atoms with E-state index in [2.05, 4.69) is 5.32 Å². The average Bonchev–Trinajstić information content (AvgIpc) is 2.94. The second kappa shape index (κ2) is 4.23. The van der Waals surface area contributed by atoms with E-state index < -0.39 is 11.8 Å². The molecule has 5 nitrogen and oxygen atoms in total. The number of hydrogen-bond donors (Lipinski definition) is 2. The van der Waals surface area contributed by atoms with Crippen LogP contribution in [0.25, 0.3) is 0 Å². The molecule has 74 valence electrons. The van der Waals surface area contributed by atoms with Crippen molar-refractivity contribution in [1.29, 1.82) is 0 Å². The molecule has 2 amide bonds. The minimum Gasteiger partial charge on any atom is -0.347 e. The number of carbonyl (C=O) groups excluding carboxylic acids is 2. The van der Waals surface area contributed by atoms with Crippen molar-refractivity contribution in [1.82, 2.24) is 10.2 Å². The molecule has 5 heteroatoms. The molecule has 0 aromatic carbocycles. The lowest BCUT2D eigenvalue weighted by Crippen LogP contribution is -2.43. The molecule has 0 aromatic heterocycles. The molecule has 0 saturated heterocycles. The second-order valence-electron chi connectivity index (χ2n) is 3.19. The maximum atomic E-state index is 11.3. The number of nitrogens with two attached hydrogens (primary N) is 1. The van der Waals surface area contributed by atoms with Gasteiger partial charge in [-0.3, -0.25) is 9.59 Å². The highest BCUT2D eigenvalue weighted by Gasteiger charge is 2.32. The Morgan fingerprint density at radius 3 is 2.62 bits per heavy atom. The fourth-order valence-corrected chi connectivity index (χ4v) is 1.05. The highest BCUT2D eigenvalue weighted by Crippen LogP contribution is 2.25. The molecular formula is C8H15N3O2. The van der Waals surface area contributed by atoms with Crippen molar-refractivity contribution in [2.24, 2.45) is 5.73 Å². The second-order valence-corrected chi connectivity index (χ2v) is 3.19. The van der Waals surface area contributed by atoms with Gasteiger partial charge in [0.2, 0.25) is 0 Å². The molecule has 0 atom stereocenters. The molecule has 1 aliphatic rings. The third-order valence-corrected chi connectivity index (χ3v) is 2.04. The van der Waals surface area contributed by atoms with Crippen molar-refractivity contribution in [2.75, 3.05) is 20.1 Å². The smallest absolute Gasteiger partial charge is 0.311 e. The fourth-order valence-electron chi connectivity index (χ4n) is 1.05. The van der Waals surface area contributed by atoms with Crippen LogP contribution in [0.4, 0.5) is 0 Å². The predicted molar refractivity (Wildman–Crippen MR) is 47.9 cm³/mol. The summed E-state index contributed by atoms with van der Waals surface area (Å²) in [6.45, 7) is 0.704. The highest BCUT2D eigenvalue weighted by molar-refractivity contribution is 6.35. The molecule has 0 radical (unpaired) electrons. The van der Waals surface area contributed by atoms with Crippen molar-refractivity contribution < 1.29 is 9.59 Å². The number of carbonyl (C=O) groups is 2. The van der Waals surface area contributed by atoms with Crippen molar-refractivity contribution >= 4 is 11.8 Å². The van der Waals surface area contributed by atoms with Crippen LogP contribution in [0.15, 0.2) is 0 Å². The van der Waals surface area contributed by atoms with Gasteiger partial charge in [0.1, 0.15) is 0 Å². The van der Waals surface area contributed by atoms with Gasteiger partial charge < -0.3 is 16.0 Å². The Hall–Kier alpha value is -1.10. The van der Waals surface area contributed by atoms with Crippen molar-refractivity contribution in [3.63, 3.8) is 0 Å². The van der Waals surface area contributed by atoms with Gasteiger partial charge in [-0.15, -0.1) is 0 Å². The zero-order valence-electron chi connectivity index (χ0n) is 7.75. The summed E-state index contributed by atoms with van der Waals surface area (Å²) in [7, 11) is 1.65. The monoisotopic (exact) mass is 185 g/mol. The molecule has 13 heavy (non-hydrogen) atoms. The summed E-state index contributed by atoms with van der Waals surface area (Å²) in [5.41, 5.74) is 5.19. The lowest BCUT2D eigenvalue weighted by Gasteiger charge is -2.14. The van der Waals surface area contributed by atoms with Crippen molar-refractivity contribution in [3.05, 3.63) is 0 Å². The van der Waals surface area contributed by atoms with Crippen LogP contribution in [0.1, 0.15) is 12.8 Å². The van der Waals surface area contributed by atoms with Crippen LogP contribution in [-0.2, 0) is 9.59 Å². The van der Waals surface area contributed by atoms with E-state index in [1.54, 1.807) is 7.05 Å². The van der Waals surface area contributed by atoms with E-state index in [-0.39, 0.29) is 6.04 Å². The van der Waals surface area contributed by atoms with E-state index >= 15 is 0 Å². The quantitative estimate of drug-likeness (QED) is 0.536. The van der Waals surface area contributed by atoms with E-state index in [0.717, 1.165) is 12.8 Å². The predicted octanol–water partition coefficient (Wildman–Crippen LogP) is -1.32. The first-order valence-electron chi connectivity index (χ1n) is 4.42. The van der Waals surface area contributed by atoms with Crippen LogP contribution in [-0.4, -0.2) is 42.9 Å². The average molecular weight is 185 g/mol. The van der Waals surface area contributed by atoms with E-state index in [1.165, 1.54) is 4.90 Å². The van der Waals surface area contributed by atoms with Crippen LogP contribution < -0.4 is 11.1 Å². The zero-order chi connectivity index (χ0) is 9.84. The van der Waals surface area contributed by atoms with Crippen molar-refractivity contribution in [2.45, 2.75) is 18.9 Å². The minimum atomic E-state index is -0.556. The molecule has 1 saturated carbocycles. The molecule has 0 heterocycles. The summed E-state index contributed by atoms with van der Waals surface area (Å²) in [5, 5.41) is 2.44. The van der Waals surface area contributed by atoms with Gasteiger partial charge in [0.05, 0.1) is 0 Å². The summed E-state index contributed by atoms with van der Waals surface area (Å²) in [4.78, 5) is 23.9. The van der Waals surface area contributed by atoms with E-state index in [0.29, 0.717) is 13.1 Å². The van der Waals surface area contributed by atoms with E-state index in [1.807, 2.05) is 0 Å². The lowest BCUT2D eigenvalue weighted by molar-refractivity contribution is -0.145. The number of amides is 2. The van der Waals surface area contributed by atoms with Gasteiger partial charge in [-0.2, -0.15) is 0 Å². The van der Waals surface area contributed by atoms with Crippen LogP contribution in [0.2, 0.25) is 0 Å². The molecule has 0 aromatic rings. The number of rotatable bonds is 3. The minimum absolute atomic E-state index is 0.274. The zero-order valence-corrected chi connectivity index (χ0v) is 7.75. The normalized spacial score (nSPS) is 15.2. The van der Waals surface area contributed by atoms with Gasteiger partial charge in [-0.1, -0.05) is 0 Å². The van der Waals surface area contributed by atoms with Crippen molar-refractivity contribution in [3.8, 4) is 0 Å². The third-order valence-electron chi connectivity index (χ3n) is 2.04. The van der Waals surface area contributed by atoms with Crippen LogP contribution >= 0.6 is 0 Å². The maximum Gasteiger partial charge on any atom is 0.311 e. The van der Waals surface area contributed by atoms with Crippen LogP contribution in [0.3, 0.4) is 0 Å². The summed E-state index contributed by atoms with van der Waals surface area (Å²) in [5.74, 6) is -1.02. The molecule has 0 unspecified atom stereocenters. The van der Waals surface area contributed by atoms with Crippen LogP contribution in [0.5, 0.6) is 0 Å². The first-order valence-corrected chi connectivity index (χ1v) is 4.42. The maximum absolute atomic E-state index is 11.3. The van der Waals surface area contributed by atoms with Gasteiger partial charge >= 0.3 is 11.8 Å². The standard InChI is InChI=1S/C8H15N3O2/c1-11(6-2-3-6)8(13)7(12)10-5-4-9/h6H,2-5,9H2,1H3,(H,10,12). The van der Waals surface area contributed by atoms with Gasteiger partial charge in [0.25, 0.3) is 0 Å². The Morgan fingerprint density at radius 1 is 1.54 bits per heavy atom. The molecule has 1 aliphatic carbocycles. The topological polar surface area (TPSA) is 75.4 Å². The summed E-state index contributed by atoms with van der Waals surface area (Å²) in [6.07, 6.45) is 2.01. The van der Waals surface area contributed by atoms with E-state index in [4.69, 9.17) is 5.73 Å². The van der Waals surface area contributed by atoms with Gasteiger partial charge in [0, 0.05) is 26.2 Å². The molecule has 3 N–H and O–H groups in total. The number of hydrogen-bond acceptors (Lipinski definition) is 3. The molecule has 1 rings (SSSR count).